The molecule has 3 N–H and O–H groups in total. The van der Waals surface area contributed by atoms with Crippen LogP contribution in [0, 0.1) is 5.92 Å². The van der Waals surface area contributed by atoms with Gasteiger partial charge in [-0.3, -0.25) is 4.79 Å². The summed E-state index contributed by atoms with van der Waals surface area (Å²) in [6, 6.07) is 0. The molecule has 0 spiro atoms. The van der Waals surface area contributed by atoms with Crippen molar-refractivity contribution < 1.29 is 4.79 Å². The average molecular weight is 142 g/mol. The molecule has 1 aliphatic heterocycles. The van der Waals surface area contributed by atoms with E-state index in [0.717, 1.165) is 19.5 Å². The van der Waals surface area contributed by atoms with Crippen LogP contribution in [0.2, 0.25) is 0 Å². The predicted octanol–water partition coefficient (Wildman–Crippen LogP) is -0.139. The molecule has 1 rings (SSSR count). The van der Waals surface area contributed by atoms with E-state index in [1.165, 1.54) is 6.42 Å². The molecule has 0 aliphatic carbocycles. The highest BCUT2D eigenvalue weighted by molar-refractivity contribution is 5.74. The highest BCUT2D eigenvalue weighted by Gasteiger charge is 2.14. The second-order valence-corrected chi connectivity index (χ2v) is 2.88. The van der Waals surface area contributed by atoms with Gasteiger partial charge in [0, 0.05) is 6.42 Å². The van der Waals surface area contributed by atoms with Gasteiger partial charge in [0.1, 0.15) is 0 Å². The van der Waals surface area contributed by atoms with Gasteiger partial charge in [-0.2, -0.15) is 0 Å². The maximum absolute atomic E-state index is 10.5. The van der Waals surface area contributed by atoms with E-state index in [9.17, 15) is 4.79 Å². The average Bonchev–Trinajstić information content (AvgIpc) is 1.88. The maximum atomic E-state index is 10.5. The quantitative estimate of drug-likeness (QED) is 0.564. The number of hydrogen-bond donors (Lipinski definition) is 2. The minimum atomic E-state index is -0.172. The summed E-state index contributed by atoms with van der Waals surface area (Å²) >= 11 is 0. The second-order valence-electron chi connectivity index (χ2n) is 2.88. The Morgan fingerprint density at radius 3 is 3.00 bits per heavy atom. The van der Waals surface area contributed by atoms with Gasteiger partial charge in [0.15, 0.2) is 0 Å². The van der Waals surface area contributed by atoms with Gasteiger partial charge < -0.3 is 11.1 Å². The summed E-state index contributed by atoms with van der Waals surface area (Å²) in [4.78, 5) is 10.5. The Morgan fingerprint density at radius 1 is 1.70 bits per heavy atom. The highest BCUT2D eigenvalue weighted by atomic mass is 16.1. The van der Waals surface area contributed by atoms with Gasteiger partial charge in [-0.05, 0) is 31.8 Å². The predicted molar refractivity (Wildman–Crippen MR) is 39.4 cm³/mol. The van der Waals surface area contributed by atoms with Gasteiger partial charge in [0.2, 0.25) is 5.91 Å². The minimum absolute atomic E-state index is 0.172. The maximum Gasteiger partial charge on any atom is 0.217 e. The number of piperidine rings is 1. The fourth-order valence-corrected chi connectivity index (χ4v) is 1.38. The van der Waals surface area contributed by atoms with E-state index in [1.54, 1.807) is 0 Å². The molecular formula is C7H14N2O. The third-order valence-electron chi connectivity index (χ3n) is 1.89. The number of hydrogen-bond acceptors (Lipinski definition) is 2. The first-order valence-corrected chi connectivity index (χ1v) is 3.78. The van der Waals surface area contributed by atoms with E-state index in [1.807, 2.05) is 0 Å². The first-order chi connectivity index (χ1) is 4.79. The molecule has 1 atom stereocenters. The molecule has 1 saturated heterocycles. The van der Waals surface area contributed by atoms with Crippen molar-refractivity contribution >= 4 is 5.91 Å². The van der Waals surface area contributed by atoms with Crippen molar-refractivity contribution in [2.24, 2.45) is 11.7 Å². The second kappa shape index (κ2) is 3.56. The molecule has 3 heteroatoms. The molecule has 0 aromatic carbocycles. The van der Waals surface area contributed by atoms with Crippen molar-refractivity contribution in [2.75, 3.05) is 13.1 Å². The molecule has 0 bridgehead atoms. The standard InChI is InChI=1S/C7H14N2O/c8-7(10)4-6-2-1-3-9-5-6/h6,9H,1-5H2,(H2,8,10)/t6-/m0/s1. The lowest BCUT2D eigenvalue weighted by atomic mass is 9.96. The Hall–Kier alpha value is -0.570. The molecule has 58 valence electrons. The summed E-state index contributed by atoms with van der Waals surface area (Å²) in [6.07, 6.45) is 2.88. The van der Waals surface area contributed by atoms with Crippen LogP contribution in [0.25, 0.3) is 0 Å². The number of primary amides is 1. The molecule has 0 unspecified atom stereocenters. The van der Waals surface area contributed by atoms with E-state index in [4.69, 9.17) is 5.73 Å². The SMILES string of the molecule is NC(=O)C[C@@H]1CCCNC1. The van der Waals surface area contributed by atoms with Crippen LogP contribution in [0.4, 0.5) is 0 Å². The number of carbonyl (C=O) groups excluding carboxylic acids is 1. The van der Waals surface area contributed by atoms with Crippen LogP contribution in [0.3, 0.4) is 0 Å². The Bertz CT molecular complexity index is 119. The van der Waals surface area contributed by atoms with Crippen molar-refractivity contribution in [3.8, 4) is 0 Å². The molecule has 1 fully saturated rings. The van der Waals surface area contributed by atoms with Crippen LogP contribution in [-0.4, -0.2) is 19.0 Å². The number of carbonyl (C=O) groups is 1. The zero-order valence-electron chi connectivity index (χ0n) is 6.10. The van der Waals surface area contributed by atoms with E-state index < -0.39 is 0 Å². The Kier molecular flexibility index (Phi) is 2.68. The highest BCUT2D eigenvalue weighted by Crippen LogP contribution is 2.12. The number of rotatable bonds is 2. The molecule has 1 amide bonds. The first-order valence-electron chi connectivity index (χ1n) is 3.78. The molecule has 0 aromatic heterocycles. The van der Waals surface area contributed by atoms with Crippen LogP contribution in [-0.2, 0) is 4.79 Å². The van der Waals surface area contributed by atoms with Crippen LogP contribution in [0.1, 0.15) is 19.3 Å². The van der Waals surface area contributed by atoms with Crippen molar-refractivity contribution in [3.05, 3.63) is 0 Å². The molecule has 3 nitrogen and oxygen atoms in total. The number of nitrogens with one attached hydrogen (secondary N) is 1. The van der Waals surface area contributed by atoms with Gasteiger partial charge >= 0.3 is 0 Å². The molecule has 1 heterocycles. The van der Waals surface area contributed by atoms with Crippen LogP contribution >= 0.6 is 0 Å². The minimum Gasteiger partial charge on any atom is -0.370 e. The van der Waals surface area contributed by atoms with E-state index in [2.05, 4.69) is 5.32 Å². The van der Waals surface area contributed by atoms with Crippen LogP contribution < -0.4 is 11.1 Å². The monoisotopic (exact) mass is 142 g/mol. The molecule has 1 aliphatic rings. The Balaban J connectivity index is 2.19. The summed E-state index contributed by atoms with van der Waals surface area (Å²) in [7, 11) is 0. The number of amides is 1. The topological polar surface area (TPSA) is 55.1 Å². The van der Waals surface area contributed by atoms with Crippen LogP contribution in [0.5, 0.6) is 0 Å². The van der Waals surface area contributed by atoms with Crippen molar-refractivity contribution in [3.63, 3.8) is 0 Å². The lowest BCUT2D eigenvalue weighted by molar-refractivity contribution is -0.119. The van der Waals surface area contributed by atoms with Gasteiger partial charge in [-0.1, -0.05) is 0 Å². The normalized spacial score (nSPS) is 26.2. The van der Waals surface area contributed by atoms with Gasteiger partial charge in [-0.15, -0.1) is 0 Å². The zero-order valence-corrected chi connectivity index (χ0v) is 6.10. The summed E-state index contributed by atoms with van der Waals surface area (Å²) in [6.45, 7) is 2.05. The van der Waals surface area contributed by atoms with Gasteiger partial charge in [-0.25, -0.2) is 0 Å². The Morgan fingerprint density at radius 2 is 2.50 bits per heavy atom. The molecule has 0 saturated carbocycles. The third-order valence-corrected chi connectivity index (χ3v) is 1.89. The third kappa shape index (κ3) is 2.35. The largest absolute Gasteiger partial charge is 0.370 e. The van der Waals surface area contributed by atoms with Crippen LogP contribution in [0.15, 0.2) is 0 Å². The molecule has 10 heavy (non-hydrogen) atoms. The molecule has 0 aromatic rings. The summed E-state index contributed by atoms with van der Waals surface area (Å²) < 4.78 is 0. The summed E-state index contributed by atoms with van der Waals surface area (Å²) in [5, 5.41) is 3.23. The fourth-order valence-electron chi connectivity index (χ4n) is 1.38. The molecule has 0 radical (unpaired) electrons. The van der Waals surface area contributed by atoms with Gasteiger partial charge in [0.05, 0.1) is 0 Å². The van der Waals surface area contributed by atoms with E-state index >= 15 is 0 Å². The lowest BCUT2D eigenvalue weighted by Crippen LogP contribution is -2.32. The van der Waals surface area contributed by atoms with Gasteiger partial charge in [0.25, 0.3) is 0 Å². The van der Waals surface area contributed by atoms with E-state index in [-0.39, 0.29) is 5.91 Å². The summed E-state index contributed by atoms with van der Waals surface area (Å²) in [5.74, 6) is 0.319. The molecular weight excluding hydrogens is 128 g/mol. The zero-order chi connectivity index (χ0) is 7.40. The van der Waals surface area contributed by atoms with Crippen molar-refractivity contribution in [2.45, 2.75) is 19.3 Å². The van der Waals surface area contributed by atoms with Crippen molar-refractivity contribution in [1.29, 1.82) is 0 Å². The number of nitrogens with two attached hydrogens (primary N) is 1. The summed E-state index contributed by atoms with van der Waals surface area (Å²) in [5.41, 5.74) is 5.06. The van der Waals surface area contributed by atoms with E-state index in [0.29, 0.717) is 12.3 Å². The lowest BCUT2D eigenvalue weighted by Gasteiger charge is -2.20. The van der Waals surface area contributed by atoms with Crippen molar-refractivity contribution in [1.82, 2.24) is 5.32 Å². The Labute approximate surface area is 61.0 Å². The first kappa shape index (κ1) is 7.54. The fraction of sp³-hybridized carbons (Fsp3) is 0.857. The smallest absolute Gasteiger partial charge is 0.217 e.